The van der Waals surface area contributed by atoms with Gasteiger partial charge in [0, 0.05) is 5.02 Å². The van der Waals surface area contributed by atoms with Gasteiger partial charge in [-0.25, -0.2) is 8.42 Å². The van der Waals surface area contributed by atoms with E-state index in [2.05, 4.69) is 4.72 Å². The van der Waals surface area contributed by atoms with Gasteiger partial charge < -0.3 is 5.11 Å². The maximum atomic E-state index is 12.5. The number of benzene rings is 2. The van der Waals surface area contributed by atoms with E-state index in [1.807, 2.05) is 0 Å². The average Bonchev–Trinajstić information content (AvgIpc) is 2.45. The standard InChI is InChI=1S/C14H11Cl4NO3S/c15-10-3-7-12(8-4-10)23(21,22)19-13(14(16,17)18)9-1-5-11(20)6-2-9/h1-8,13,19-20H/t13-/m1/s1. The van der Waals surface area contributed by atoms with Gasteiger partial charge in [-0.15, -0.1) is 0 Å². The van der Waals surface area contributed by atoms with Crippen LogP contribution in [0.3, 0.4) is 0 Å². The van der Waals surface area contributed by atoms with Crippen LogP contribution in [0, 0.1) is 0 Å². The normalized spacial score (nSPS) is 13.7. The Hall–Kier alpha value is -0.690. The van der Waals surface area contributed by atoms with Crippen LogP contribution in [-0.2, 0) is 10.0 Å². The monoisotopic (exact) mass is 413 g/mol. The van der Waals surface area contributed by atoms with E-state index in [-0.39, 0.29) is 10.6 Å². The van der Waals surface area contributed by atoms with Gasteiger partial charge in [0.2, 0.25) is 13.8 Å². The van der Waals surface area contributed by atoms with E-state index in [9.17, 15) is 13.5 Å². The van der Waals surface area contributed by atoms with E-state index in [0.717, 1.165) is 0 Å². The Kier molecular flexibility index (Phi) is 5.72. The van der Waals surface area contributed by atoms with Crippen LogP contribution in [-0.4, -0.2) is 17.3 Å². The third kappa shape index (κ3) is 4.89. The molecule has 4 nitrogen and oxygen atoms in total. The van der Waals surface area contributed by atoms with Crippen LogP contribution in [0.1, 0.15) is 11.6 Å². The van der Waals surface area contributed by atoms with Crippen LogP contribution in [0.15, 0.2) is 53.4 Å². The van der Waals surface area contributed by atoms with Crippen molar-refractivity contribution in [3.05, 3.63) is 59.1 Å². The van der Waals surface area contributed by atoms with E-state index >= 15 is 0 Å². The van der Waals surface area contributed by atoms with Crippen molar-refractivity contribution in [3.8, 4) is 5.75 Å². The number of hydrogen-bond donors (Lipinski definition) is 2. The highest BCUT2D eigenvalue weighted by atomic mass is 35.6. The molecule has 2 aromatic carbocycles. The molecular formula is C14H11Cl4NO3S. The van der Waals surface area contributed by atoms with E-state index in [4.69, 9.17) is 46.4 Å². The van der Waals surface area contributed by atoms with Crippen molar-refractivity contribution in [1.82, 2.24) is 4.72 Å². The van der Waals surface area contributed by atoms with Crippen LogP contribution in [0.2, 0.25) is 5.02 Å². The summed E-state index contributed by atoms with van der Waals surface area (Å²) in [5.41, 5.74) is 0.389. The zero-order chi connectivity index (χ0) is 17.3. The summed E-state index contributed by atoms with van der Waals surface area (Å²) in [5, 5.41) is 9.73. The SMILES string of the molecule is O=S(=O)(N[C@H](c1ccc(O)cc1)C(Cl)(Cl)Cl)c1ccc(Cl)cc1. The topological polar surface area (TPSA) is 66.4 Å². The predicted molar refractivity (Wildman–Crippen MR) is 92.9 cm³/mol. The van der Waals surface area contributed by atoms with Gasteiger partial charge in [0.25, 0.3) is 0 Å². The molecule has 0 aliphatic rings. The lowest BCUT2D eigenvalue weighted by Crippen LogP contribution is -2.36. The van der Waals surface area contributed by atoms with E-state index in [1.165, 1.54) is 48.5 Å². The predicted octanol–water partition coefficient (Wildman–Crippen LogP) is 4.44. The Morgan fingerprint density at radius 2 is 1.48 bits per heavy atom. The third-order valence-electron chi connectivity index (χ3n) is 2.95. The van der Waals surface area contributed by atoms with Crippen molar-refractivity contribution in [3.63, 3.8) is 0 Å². The highest BCUT2D eigenvalue weighted by Crippen LogP contribution is 2.41. The summed E-state index contributed by atoms with van der Waals surface area (Å²) in [7, 11) is -3.94. The van der Waals surface area contributed by atoms with E-state index in [0.29, 0.717) is 10.6 Å². The zero-order valence-electron chi connectivity index (χ0n) is 11.4. The van der Waals surface area contributed by atoms with Gasteiger partial charge in [0.15, 0.2) is 0 Å². The molecule has 9 heteroatoms. The van der Waals surface area contributed by atoms with Crippen molar-refractivity contribution in [1.29, 1.82) is 0 Å². The quantitative estimate of drug-likeness (QED) is 0.727. The Balaban J connectivity index is 2.38. The molecule has 0 aromatic heterocycles. The second kappa shape index (κ2) is 7.05. The second-order valence-corrected chi connectivity index (χ2v) is 9.16. The molecule has 2 aromatic rings. The van der Waals surface area contributed by atoms with E-state index in [1.54, 1.807) is 0 Å². The molecule has 0 aliphatic heterocycles. The number of aromatic hydroxyl groups is 1. The summed E-state index contributed by atoms with van der Waals surface area (Å²) < 4.78 is 25.3. The summed E-state index contributed by atoms with van der Waals surface area (Å²) >= 11 is 23.5. The first-order chi connectivity index (χ1) is 10.6. The minimum Gasteiger partial charge on any atom is -0.508 e. The lowest BCUT2D eigenvalue weighted by atomic mass is 10.1. The van der Waals surface area contributed by atoms with Crippen LogP contribution < -0.4 is 4.72 Å². The molecule has 0 amide bonds. The molecule has 23 heavy (non-hydrogen) atoms. The van der Waals surface area contributed by atoms with Crippen LogP contribution in [0.25, 0.3) is 0 Å². The van der Waals surface area contributed by atoms with Gasteiger partial charge in [-0.3, -0.25) is 0 Å². The third-order valence-corrected chi connectivity index (χ3v) is 5.30. The molecule has 2 rings (SSSR count). The molecule has 0 unspecified atom stereocenters. The highest BCUT2D eigenvalue weighted by molar-refractivity contribution is 7.89. The van der Waals surface area contributed by atoms with Crippen molar-refractivity contribution in [2.24, 2.45) is 0 Å². The molecule has 0 fully saturated rings. The smallest absolute Gasteiger partial charge is 0.241 e. The van der Waals surface area contributed by atoms with Crippen LogP contribution >= 0.6 is 46.4 Å². The highest BCUT2D eigenvalue weighted by Gasteiger charge is 2.37. The number of hydrogen-bond acceptors (Lipinski definition) is 3. The first-order valence-corrected chi connectivity index (χ1v) is 9.22. The molecule has 0 aliphatic carbocycles. The van der Waals surface area contributed by atoms with Gasteiger partial charge in [-0.2, -0.15) is 4.72 Å². The van der Waals surface area contributed by atoms with Crippen LogP contribution in [0.5, 0.6) is 5.75 Å². The fourth-order valence-electron chi connectivity index (χ4n) is 1.83. The summed E-state index contributed by atoms with van der Waals surface area (Å²) in [6, 6.07) is 10.1. The fraction of sp³-hybridized carbons (Fsp3) is 0.143. The van der Waals surface area contributed by atoms with E-state index < -0.39 is 19.9 Å². The molecular weight excluding hydrogens is 404 g/mol. The first kappa shape index (κ1) is 18.6. The number of nitrogens with one attached hydrogen (secondary N) is 1. The van der Waals surface area contributed by atoms with Gasteiger partial charge in [0.1, 0.15) is 5.75 Å². The maximum Gasteiger partial charge on any atom is 0.241 e. The molecule has 0 saturated heterocycles. The molecule has 0 spiro atoms. The van der Waals surface area contributed by atoms with Gasteiger partial charge in [0.05, 0.1) is 10.9 Å². The average molecular weight is 415 g/mol. The van der Waals surface area contributed by atoms with Crippen LogP contribution in [0.4, 0.5) is 0 Å². The van der Waals surface area contributed by atoms with Crippen molar-refractivity contribution >= 4 is 56.4 Å². The number of rotatable bonds is 4. The summed E-state index contributed by atoms with van der Waals surface area (Å²) in [4.78, 5) is -0.0140. The van der Waals surface area contributed by atoms with Crippen molar-refractivity contribution < 1.29 is 13.5 Å². The number of alkyl halides is 3. The molecule has 0 bridgehead atoms. The Morgan fingerprint density at radius 3 is 1.96 bits per heavy atom. The van der Waals surface area contributed by atoms with Gasteiger partial charge >= 0.3 is 0 Å². The second-order valence-electron chi connectivity index (χ2n) is 4.64. The van der Waals surface area contributed by atoms with Gasteiger partial charge in [-0.1, -0.05) is 58.5 Å². The van der Waals surface area contributed by atoms with Crippen molar-refractivity contribution in [2.45, 2.75) is 14.7 Å². The largest absolute Gasteiger partial charge is 0.508 e. The number of phenols is 1. The first-order valence-electron chi connectivity index (χ1n) is 6.23. The number of sulfonamides is 1. The molecule has 1 atom stereocenters. The fourth-order valence-corrected chi connectivity index (χ4v) is 3.94. The maximum absolute atomic E-state index is 12.5. The molecule has 2 N–H and O–H groups in total. The molecule has 0 saturated carbocycles. The summed E-state index contributed by atoms with van der Waals surface area (Å²) in [5.74, 6) is 0.0115. The Labute approximate surface area is 154 Å². The lowest BCUT2D eigenvalue weighted by molar-refractivity contribution is 0.474. The summed E-state index contributed by atoms with van der Waals surface area (Å²) in [6.07, 6.45) is 0. The lowest BCUT2D eigenvalue weighted by Gasteiger charge is -2.25. The molecule has 0 heterocycles. The van der Waals surface area contributed by atoms with Crippen molar-refractivity contribution in [2.75, 3.05) is 0 Å². The zero-order valence-corrected chi connectivity index (χ0v) is 15.2. The molecule has 124 valence electrons. The minimum atomic E-state index is -3.94. The number of phenolic OH excluding ortho intramolecular Hbond substituents is 1. The Morgan fingerprint density at radius 1 is 0.957 bits per heavy atom. The molecule has 0 radical (unpaired) electrons. The van der Waals surface area contributed by atoms with Gasteiger partial charge in [-0.05, 0) is 42.0 Å². The number of halogens is 4. The Bertz CT molecular complexity index is 771. The summed E-state index contributed by atoms with van der Waals surface area (Å²) in [6.45, 7) is 0. The minimum absolute atomic E-state index is 0.0115.